The van der Waals surface area contributed by atoms with Crippen LogP contribution in [-0.4, -0.2) is 53.8 Å². The van der Waals surface area contributed by atoms with Crippen LogP contribution >= 0.6 is 0 Å². The lowest BCUT2D eigenvalue weighted by atomic mass is 9.94. The molecule has 21 heavy (non-hydrogen) atoms. The number of rotatable bonds is 4. The number of aryl methyl sites for hydroxylation is 2. The molecule has 0 saturated carbocycles. The van der Waals surface area contributed by atoms with E-state index < -0.39 is 18.6 Å². The van der Waals surface area contributed by atoms with Crippen molar-refractivity contribution in [3.8, 4) is 5.75 Å². The van der Waals surface area contributed by atoms with Crippen LogP contribution < -0.4 is 5.32 Å². The Labute approximate surface area is 123 Å². The molecule has 1 fully saturated rings. The van der Waals surface area contributed by atoms with Gasteiger partial charge in [0.1, 0.15) is 18.4 Å². The average molecular weight is 300 g/mol. The van der Waals surface area contributed by atoms with Crippen molar-refractivity contribution in [3.05, 3.63) is 28.8 Å². The van der Waals surface area contributed by atoms with Crippen LogP contribution in [0.2, 0.25) is 0 Å². The highest BCUT2D eigenvalue weighted by molar-refractivity contribution is 5.43. The van der Waals surface area contributed by atoms with Gasteiger partial charge in [0.05, 0.1) is 0 Å². The second-order valence-electron chi connectivity index (χ2n) is 5.61. The highest BCUT2D eigenvalue weighted by atomic mass is 19.3. The van der Waals surface area contributed by atoms with Gasteiger partial charge < -0.3 is 15.5 Å². The monoisotopic (exact) mass is 300 g/mol. The lowest BCUT2D eigenvalue weighted by molar-refractivity contribution is -0.118. The lowest BCUT2D eigenvalue weighted by Crippen LogP contribution is -2.51. The Morgan fingerprint density at radius 2 is 1.76 bits per heavy atom. The number of aromatic hydroxyl groups is 1. The van der Waals surface area contributed by atoms with Gasteiger partial charge in [-0.05, 0) is 30.5 Å². The summed E-state index contributed by atoms with van der Waals surface area (Å²) in [6, 6.07) is 1.99. The molecule has 1 heterocycles. The molecule has 1 aliphatic heterocycles. The fourth-order valence-corrected chi connectivity index (χ4v) is 2.90. The van der Waals surface area contributed by atoms with Crippen LogP contribution in [0.4, 0.5) is 8.78 Å². The van der Waals surface area contributed by atoms with Crippen molar-refractivity contribution in [2.45, 2.75) is 25.8 Å². The van der Waals surface area contributed by atoms with Gasteiger partial charge in [0.15, 0.2) is 0 Å². The molecule has 0 bridgehead atoms. The molecule has 0 radical (unpaired) electrons. The minimum absolute atomic E-state index is 0.130. The fraction of sp³-hybridized carbons (Fsp3) is 0.600. The van der Waals surface area contributed by atoms with Crippen molar-refractivity contribution in [1.29, 1.82) is 0 Å². The van der Waals surface area contributed by atoms with Crippen LogP contribution in [0.15, 0.2) is 12.1 Å². The summed E-state index contributed by atoms with van der Waals surface area (Å²) in [7, 11) is 0. The largest absolute Gasteiger partial charge is 0.507 e. The first-order valence-corrected chi connectivity index (χ1v) is 7.10. The summed E-state index contributed by atoms with van der Waals surface area (Å²) in [5.74, 6) is -3.10. The molecule has 0 aliphatic carbocycles. The normalized spacial score (nSPS) is 18.7. The molecule has 1 aromatic carbocycles. The second kappa shape index (κ2) is 6.25. The van der Waals surface area contributed by atoms with Crippen LogP contribution in [0.1, 0.15) is 22.7 Å². The maximum Gasteiger partial charge on any atom is 0.289 e. The minimum atomic E-state index is -3.23. The first-order valence-electron chi connectivity index (χ1n) is 7.10. The minimum Gasteiger partial charge on any atom is -0.507 e. The summed E-state index contributed by atoms with van der Waals surface area (Å²) in [5, 5.41) is 22.1. The van der Waals surface area contributed by atoms with Crippen molar-refractivity contribution < 1.29 is 19.0 Å². The summed E-state index contributed by atoms with van der Waals surface area (Å²) in [6.07, 6.45) is 0. The maximum atomic E-state index is 14.3. The molecule has 118 valence electrons. The first-order chi connectivity index (χ1) is 9.86. The van der Waals surface area contributed by atoms with Gasteiger partial charge in [-0.25, -0.2) is 8.78 Å². The quantitative estimate of drug-likeness (QED) is 0.790. The number of hydrogen-bond acceptors (Lipinski definition) is 4. The summed E-state index contributed by atoms with van der Waals surface area (Å²) < 4.78 is 28.6. The predicted molar refractivity (Wildman–Crippen MR) is 76.8 cm³/mol. The van der Waals surface area contributed by atoms with Gasteiger partial charge in [0, 0.05) is 26.2 Å². The molecule has 1 aliphatic rings. The Kier molecular flexibility index (Phi) is 4.81. The third kappa shape index (κ3) is 3.33. The van der Waals surface area contributed by atoms with Gasteiger partial charge in [-0.3, -0.25) is 4.90 Å². The van der Waals surface area contributed by atoms with E-state index in [9.17, 15) is 13.9 Å². The van der Waals surface area contributed by atoms with Crippen LogP contribution in [0.3, 0.4) is 0 Å². The van der Waals surface area contributed by atoms with E-state index in [1.807, 2.05) is 0 Å². The summed E-state index contributed by atoms with van der Waals surface area (Å²) in [4.78, 5) is 1.69. The van der Waals surface area contributed by atoms with E-state index in [0.717, 1.165) is 0 Å². The molecule has 0 unspecified atom stereocenters. The second-order valence-corrected chi connectivity index (χ2v) is 5.61. The van der Waals surface area contributed by atoms with Gasteiger partial charge in [-0.1, -0.05) is 12.1 Å². The van der Waals surface area contributed by atoms with Crippen LogP contribution in [0, 0.1) is 13.8 Å². The molecule has 0 amide bonds. The third-order valence-electron chi connectivity index (χ3n) is 3.96. The molecule has 1 saturated heterocycles. The maximum absolute atomic E-state index is 14.3. The Hall–Kier alpha value is -1.24. The molecular weight excluding hydrogens is 278 g/mol. The van der Waals surface area contributed by atoms with Crippen LogP contribution in [0.5, 0.6) is 5.75 Å². The Morgan fingerprint density at radius 1 is 1.24 bits per heavy atom. The number of aliphatic hydroxyl groups excluding tert-OH is 1. The molecule has 0 aromatic heterocycles. The predicted octanol–water partition coefficient (Wildman–Crippen LogP) is 1.58. The zero-order valence-corrected chi connectivity index (χ0v) is 12.4. The number of benzene rings is 1. The van der Waals surface area contributed by atoms with Crippen molar-refractivity contribution in [3.63, 3.8) is 0 Å². The van der Waals surface area contributed by atoms with Crippen LogP contribution in [-0.2, 0) is 0 Å². The highest BCUT2D eigenvalue weighted by Crippen LogP contribution is 2.38. The van der Waals surface area contributed by atoms with E-state index in [1.165, 1.54) is 0 Å². The summed E-state index contributed by atoms with van der Waals surface area (Å²) in [5.41, 5.74) is 1.57. The highest BCUT2D eigenvalue weighted by Gasteiger charge is 2.44. The molecule has 3 N–H and O–H groups in total. The van der Waals surface area contributed by atoms with E-state index in [4.69, 9.17) is 5.11 Å². The zero-order chi connectivity index (χ0) is 15.6. The van der Waals surface area contributed by atoms with Gasteiger partial charge in [0.2, 0.25) is 0 Å². The summed E-state index contributed by atoms with van der Waals surface area (Å²) in [6.45, 7) is 4.48. The Morgan fingerprint density at radius 3 is 2.24 bits per heavy atom. The van der Waals surface area contributed by atoms with Gasteiger partial charge in [0.25, 0.3) is 5.92 Å². The van der Waals surface area contributed by atoms with E-state index in [0.29, 0.717) is 42.9 Å². The van der Waals surface area contributed by atoms with E-state index >= 15 is 0 Å². The number of nitrogens with one attached hydrogen (secondary N) is 1. The average Bonchev–Trinajstić information content (AvgIpc) is 2.46. The lowest BCUT2D eigenvalue weighted by Gasteiger charge is -2.39. The Bertz CT molecular complexity index is 479. The number of nitrogens with zero attached hydrogens (tertiary/aromatic N) is 1. The molecule has 1 atom stereocenters. The van der Waals surface area contributed by atoms with Crippen molar-refractivity contribution in [1.82, 2.24) is 10.2 Å². The van der Waals surface area contributed by atoms with E-state index in [-0.39, 0.29) is 5.75 Å². The topological polar surface area (TPSA) is 55.7 Å². The molecule has 6 heteroatoms. The number of alkyl halides is 2. The number of halogens is 2. The van der Waals surface area contributed by atoms with Crippen LogP contribution in [0.25, 0.3) is 0 Å². The first kappa shape index (κ1) is 16.1. The van der Waals surface area contributed by atoms with E-state index in [1.54, 1.807) is 30.9 Å². The van der Waals surface area contributed by atoms with E-state index in [2.05, 4.69) is 5.32 Å². The summed E-state index contributed by atoms with van der Waals surface area (Å²) >= 11 is 0. The molecule has 4 nitrogen and oxygen atoms in total. The van der Waals surface area contributed by atoms with Crippen molar-refractivity contribution >= 4 is 0 Å². The number of hydrogen-bond donors (Lipinski definition) is 3. The number of phenols is 1. The fourth-order valence-electron chi connectivity index (χ4n) is 2.90. The molecule has 2 rings (SSSR count). The molecular formula is C15H22F2N2O2. The van der Waals surface area contributed by atoms with Crippen molar-refractivity contribution in [2.24, 2.45) is 0 Å². The van der Waals surface area contributed by atoms with Gasteiger partial charge >= 0.3 is 0 Å². The zero-order valence-electron chi connectivity index (χ0n) is 12.4. The van der Waals surface area contributed by atoms with Crippen molar-refractivity contribution in [2.75, 3.05) is 32.8 Å². The van der Waals surface area contributed by atoms with Gasteiger partial charge in [-0.15, -0.1) is 0 Å². The number of phenolic OH excluding ortho intramolecular Hbond substituents is 1. The SMILES string of the molecule is Cc1cc([C@@H](N2CCNCC2)C(F)(F)CO)cc(C)c1O. The molecule has 1 aromatic rings. The molecule has 0 spiro atoms. The standard InChI is InChI=1S/C15H22F2N2O2/c1-10-7-12(8-11(2)13(10)21)14(15(16,17)9-20)19-5-3-18-4-6-19/h7-8,14,18,20-21H,3-6,9H2,1-2H3/t14-/m1/s1. The number of aliphatic hydroxyl groups is 1. The smallest absolute Gasteiger partial charge is 0.289 e. The number of piperazine rings is 1. The Balaban J connectivity index is 2.44. The van der Waals surface area contributed by atoms with Gasteiger partial charge in [-0.2, -0.15) is 0 Å². The third-order valence-corrected chi connectivity index (χ3v) is 3.96.